The average Bonchev–Trinajstić information content (AvgIpc) is 2.33. The third-order valence-electron chi connectivity index (χ3n) is 2.90. The summed E-state index contributed by atoms with van der Waals surface area (Å²) in [5, 5.41) is 0. The van der Waals surface area contributed by atoms with Crippen molar-refractivity contribution in [3.63, 3.8) is 0 Å². The summed E-state index contributed by atoms with van der Waals surface area (Å²) in [6, 6.07) is 10.1. The van der Waals surface area contributed by atoms with Gasteiger partial charge in [-0.3, -0.25) is 4.72 Å². The molecular weight excluding hydrogens is 340 g/mol. The standard InChI is InChI=1S/C14H15BrN2O2S/c1-9-3-6-14(12(15)7-9)20(18,19)17-11-4-5-13(16)10(2)8-11/h3-8,17H,16H2,1-2H3. The Morgan fingerprint density at radius 2 is 1.80 bits per heavy atom. The van der Waals surface area contributed by atoms with E-state index in [1.165, 1.54) is 0 Å². The van der Waals surface area contributed by atoms with Gasteiger partial charge in [-0.1, -0.05) is 6.07 Å². The Morgan fingerprint density at radius 1 is 1.10 bits per heavy atom. The largest absolute Gasteiger partial charge is 0.399 e. The topological polar surface area (TPSA) is 72.2 Å². The lowest BCUT2D eigenvalue weighted by molar-refractivity contribution is 0.600. The Balaban J connectivity index is 2.38. The molecule has 2 aromatic rings. The van der Waals surface area contributed by atoms with Gasteiger partial charge < -0.3 is 5.73 Å². The predicted molar refractivity (Wildman–Crippen MR) is 85.3 cm³/mol. The molecule has 0 radical (unpaired) electrons. The van der Waals surface area contributed by atoms with E-state index in [1.54, 1.807) is 36.4 Å². The van der Waals surface area contributed by atoms with Crippen molar-refractivity contribution in [3.05, 3.63) is 52.0 Å². The molecule has 0 spiro atoms. The van der Waals surface area contributed by atoms with E-state index in [-0.39, 0.29) is 4.90 Å². The van der Waals surface area contributed by atoms with Crippen LogP contribution in [0.3, 0.4) is 0 Å². The summed E-state index contributed by atoms with van der Waals surface area (Å²) in [6.07, 6.45) is 0. The second-order valence-electron chi connectivity index (χ2n) is 4.61. The van der Waals surface area contributed by atoms with Crippen LogP contribution in [0.4, 0.5) is 11.4 Å². The molecule has 0 aromatic heterocycles. The van der Waals surface area contributed by atoms with Crippen LogP contribution in [0.2, 0.25) is 0 Å². The van der Waals surface area contributed by atoms with Crippen LogP contribution in [0.5, 0.6) is 0 Å². The maximum atomic E-state index is 12.4. The van der Waals surface area contributed by atoms with Crippen molar-refractivity contribution < 1.29 is 8.42 Å². The molecule has 3 N–H and O–H groups in total. The van der Waals surface area contributed by atoms with Crippen LogP contribution >= 0.6 is 15.9 Å². The molecule has 6 heteroatoms. The average molecular weight is 355 g/mol. The molecule has 0 amide bonds. The zero-order valence-electron chi connectivity index (χ0n) is 11.1. The smallest absolute Gasteiger partial charge is 0.263 e. The molecule has 2 aromatic carbocycles. The fraction of sp³-hybridized carbons (Fsp3) is 0.143. The fourth-order valence-corrected chi connectivity index (χ4v) is 4.02. The fourth-order valence-electron chi connectivity index (χ4n) is 1.77. The van der Waals surface area contributed by atoms with Crippen LogP contribution in [0, 0.1) is 13.8 Å². The molecule has 0 saturated carbocycles. The summed E-state index contributed by atoms with van der Waals surface area (Å²) < 4.78 is 27.8. The molecule has 0 aliphatic carbocycles. The quantitative estimate of drug-likeness (QED) is 0.829. The van der Waals surface area contributed by atoms with Gasteiger partial charge in [-0.2, -0.15) is 0 Å². The predicted octanol–water partition coefficient (Wildman–Crippen LogP) is 3.45. The molecule has 0 unspecified atom stereocenters. The van der Waals surface area contributed by atoms with Gasteiger partial charge in [0.05, 0.1) is 0 Å². The summed E-state index contributed by atoms with van der Waals surface area (Å²) in [4.78, 5) is 0.206. The minimum atomic E-state index is -3.63. The van der Waals surface area contributed by atoms with Gasteiger partial charge in [-0.15, -0.1) is 0 Å². The summed E-state index contributed by atoms with van der Waals surface area (Å²) >= 11 is 3.28. The minimum Gasteiger partial charge on any atom is -0.399 e. The van der Waals surface area contributed by atoms with E-state index in [0.29, 0.717) is 15.8 Å². The lowest BCUT2D eigenvalue weighted by Gasteiger charge is -2.11. The first kappa shape index (κ1) is 14.9. The van der Waals surface area contributed by atoms with E-state index in [2.05, 4.69) is 20.7 Å². The highest BCUT2D eigenvalue weighted by molar-refractivity contribution is 9.10. The molecule has 0 heterocycles. The van der Waals surface area contributed by atoms with Crippen molar-refractivity contribution in [3.8, 4) is 0 Å². The summed E-state index contributed by atoms with van der Waals surface area (Å²) in [5.74, 6) is 0. The lowest BCUT2D eigenvalue weighted by atomic mass is 10.2. The van der Waals surface area contributed by atoms with Crippen molar-refractivity contribution in [2.24, 2.45) is 0 Å². The number of aryl methyl sites for hydroxylation is 2. The second-order valence-corrected chi connectivity index (χ2v) is 7.12. The van der Waals surface area contributed by atoms with Crippen molar-refractivity contribution in [2.75, 3.05) is 10.5 Å². The highest BCUT2D eigenvalue weighted by atomic mass is 79.9. The zero-order chi connectivity index (χ0) is 14.9. The number of nitrogens with two attached hydrogens (primary N) is 1. The Morgan fingerprint density at radius 3 is 2.40 bits per heavy atom. The van der Waals surface area contributed by atoms with Crippen LogP contribution in [-0.2, 0) is 10.0 Å². The van der Waals surface area contributed by atoms with E-state index in [0.717, 1.165) is 11.1 Å². The molecule has 4 nitrogen and oxygen atoms in total. The third-order valence-corrected chi connectivity index (χ3v) is 5.26. The highest BCUT2D eigenvalue weighted by Gasteiger charge is 2.17. The first-order valence-electron chi connectivity index (χ1n) is 5.95. The second kappa shape index (κ2) is 5.46. The molecule has 0 atom stereocenters. The maximum Gasteiger partial charge on any atom is 0.263 e. The number of rotatable bonds is 3. The van der Waals surface area contributed by atoms with Crippen LogP contribution < -0.4 is 10.5 Å². The number of sulfonamides is 1. The van der Waals surface area contributed by atoms with Crippen LogP contribution in [0.25, 0.3) is 0 Å². The first-order chi connectivity index (χ1) is 9.29. The van der Waals surface area contributed by atoms with Crippen LogP contribution in [-0.4, -0.2) is 8.42 Å². The normalized spacial score (nSPS) is 11.3. The molecule has 0 saturated heterocycles. The molecule has 20 heavy (non-hydrogen) atoms. The van der Waals surface area contributed by atoms with Gasteiger partial charge >= 0.3 is 0 Å². The van der Waals surface area contributed by atoms with E-state index in [9.17, 15) is 8.42 Å². The molecule has 2 rings (SSSR count). The van der Waals surface area contributed by atoms with Crippen molar-refractivity contribution in [2.45, 2.75) is 18.7 Å². The van der Waals surface area contributed by atoms with Gasteiger partial charge in [0.25, 0.3) is 10.0 Å². The monoisotopic (exact) mass is 354 g/mol. The van der Waals surface area contributed by atoms with E-state index in [1.807, 2.05) is 13.8 Å². The number of benzene rings is 2. The summed E-state index contributed by atoms with van der Waals surface area (Å²) in [7, 11) is -3.63. The van der Waals surface area contributed by atoms with Gasteiger partial charge in [-0.25, -0.2) is 8.42 Å². The molecule has 0 aliphatic rings. The number of hydrogen-bond acceptors (Lipinski definition) is 3. The van der Waals surface area contributed by atoms with Crippen molar-refractivity contribution >= 4 is 37.3 Å². The van der Waals surface area contributed by atoms with Gasteiger partial charge in [0, 0.05) is 15.8 Å². The van der Waals surface area contributed by atoms with Gasteiger partial charge in [-0.05, 0) is 71.2 Å². The Hall–Kier alpha value is -1.53. The van der Waals surface area contributed by atoms with E-state index in [4.69, 9.17) is 5.73 Å². The maximum absolute atomic E-state index is 12.4. The van der Waals surface area contributed by atoms with Crippen LogP contribution in [0.15, 0.2) is 45.8 Å². The number of nitrogens with one attached hydrogen (secondary N) is 1. The van der Waals surface area contributed by atoms with E-state index < -0.39 is 10.0 Å². The molecule has 106 valence electrons. The number of halogens is 1. The van der Waals surface area contributed by atoms with Crippen molar-refractivity contribution in [1.82, 2.24) is 0 Å². The molecule has 0 bridgehead atoms. The Labute approximate surface area is 127 Å². The van der Waals surface area contributed by atoms with Crippen molar-refractivity contribution in [1.29, 1.82) is 0 Å². The Kier molecular flexibility index (Phi) is 4.06. The third kappa shape index (κ3) is 3.13. The summed E-state index contributed by atoms with van der Waals surface area (Å²) in [6.45, 7) is 3.73. The van der Waals surface area contributed by atoms with Gasteiger partial charge in [0.2, 0.25) is 0 Å². The van der Waals surface area contributed by atoms with Gasteiger partial charge in [0.15, 0.2) is 0 Å². The van der Waals surface area contributed by atoms with E-state index >= 15 is 0 Å². The SMILES string of the molecule is Cc1ccc(S(=O)(=O)Nc2ccc(N)c(C)c2)c(Br)c1. The highest BCUT2D eigenvalue weighted by Crippen LogP contribution is 2.26. The number of hydrogen-bond donors (Lipinski definition) is 2. The first-order valence-corrected chi connectivity index (χ1v) is 8.22. The number of anilines is 2. The van der Waals surface area contributed by atoms with Crippen LogP contribution in [0.1, 0.15) is 11.1 Å². The number of nitrogen functional groups attached to an aromatic ring is 1. The minimum absolute atomic E-state index is 0.206. The van der Waals surface area contributed by atoms with Gasteiger partial charge in [0.1, 0.15) is 4.90 Å². The molecular formula is C14H15BrN2O2S. The summed E-state index contributed by atoms with van der Waals surface area (Å²) in [5.41, 5.74) is 8.65. The Bertz CT molecular complexity index is 758. The lowest BCUT2D eigenvalue weighted by Crippen LogP contribution is -2.13. The zero-order valence-corrected chi connectivity index (χ0v) is 13.5. The molecule has 0 aliphatic heterocycles. The molecule has 0 fully saturated rings.